The van der Waals surface area contributed by atoms with Crippen LogP contribution in [-0.4, -0.2) is 32.4 Å². The second-order valence-corrected chi connectivity index (χ2v) is 2.92. The van der Waals surface area contributed by atoms with Crippen molar-refractivity contribution in [2.24, 2.45) is 0 Å². The summed E-state index contributed by atoms with van der Waals surface area (Å²) in [4.78, 5) is 21.3. The number of benzene rings is 1. The fourth-order valence-corrected chi connectivity index (χ4v) is 1.16. The van der Waals surface area contributed by atoms with Crippen LogP contribution in [0.4, 0.5) is 0 Å². The zero-order valence-corrected chi connectivity index (χ0v) is 7.68. The molecule has 0 fully saturated rings. The molecule has 15 heavy (non-hydrogen) atoms. The molecule has 1 aromatic rings. The predicted octanol–water partition coefficient (Wildman–Crippen LogP) is 0.803. The van der Waals surface area contributed by atoms with Crippen LogP contribution >= 0.6 is 0 Å². The summed E-state index contributed by atoms with van der Waals surface area (Å²) >= 11 is 0. The maximum absolute atomic E-state index is 10.7. The third kappa shape index (κ3) is 1.69. The van der Waals surface area contributed by atoms with E-state index < -0.39 is 34.6 Å². The van der Waals surface area contributed by atoms with Crippen molar-refractivity contribution in [2.75, 3.05) is 0 Å². The quantitative estimate of drug-likeness (QED) is 0.576. The second-order valence-electron chi connectivity index (χ2n) is 2.92. The molecular formula is C9H8O6. The molecule has 0 saturated carbocycles. The molecule has 1 rings (SSSR count). The largest absolute Gasteiger partial charge is 0.507 e. The molecule has 0 spiro atoms. The molecule has 0 heterocycles. The van der Waals surface area contributed by atoms with Gasteiger partial charge in [0.2, 0.25) is 0 Å². The highest BCUT2D eigenvalue weighted by atomic mass is 16.4. The second kappa shape index (κ2) is 3.49. The molecule has 0 saturated heterocycles. The minimum Gasteiger partial charge on any atom is -0.507 e. The van der Waals surface area contributed by atoms with Crippen molar-refractivity contribution in [3.05, 3.63) is 22.8 Å². The van der Waals surface area contributed by atoms with Gasteiger partial charge in [0, 0.05) is 0 Å². The lowest BCUT2D eigenvalue weighted by atomic mass is 10.0. The number of aromatic hydroxyl groups is 2. The van der Waals surface area contributed by atoms with Gasteiger partial charge in [-0.2, -0.15) is 0 Å². The molecule has 0 aliphatic rings. The van der Waals surface area contributed by atoms with Gasteiger partial charge in [-0.05, 0) is 18.6 Å². The number of phenols is 2. The van der Waals surface area contributed by atoms with Crippen molar-refractivity contribution in [1.29, 1.82) is 0 Å². The first-order valence-electron chi connectivity index (χ1n) is 3.88. The van der Waals surface area contributed by atoms with Gasteiger partial charge in [-0.1, -0.05) is 0 Å². The first-order valence-corrected chi connectivity index (χ1v) is 3.88. The number of hydrogen-bond donors (Lipinski definition) is 4. The van der Waals surface area contributed by atoms with E-state index in [4.69, 9.17) is 10.2 Å². The zero-order chi connectivity index (χ0) is 11.7. The highest BCUT2D eigenvalue weighted by Gasteiger charge is 2.23. The normalized spacial score (nSPS) is 9.93. The monoisotopic (exact) mass is 212 g/mol. The SMILES string of the molecule is Cc1cc(C(=O)O)c(O)c(C(=O)O)c1O. The minimum absolute atomic E-state index is 0.0719. The Balaban J connectivity index is 3.63. The summed E-state index contributed by atoms with van der Waals surface area (Å²) in [5, 5.41) is 36.0. The van der Waals surface area contributed by atoms with Crippen LogP contribution in [0.2, 0.25) is 0 Å². The van der Waals surface area contributed by atoms with Crippen LogP contribution in [0.15, 0.2) is 6.07 Å². The molecule has 1 aromatic carbocycles. The lowest BCUT2D eigenvalue weighted by molar-refractivity contribution is 0.0689. The van der Waals surface area contributed by atoms with Gasteiger partial charge in [-0.3, -0.25) is 0 Å². The maximum atomic E-state index is 10.7. The molecular weight excluding hydrogens is 204 g/mol. The average Bonchev–Trinajstić information content (AvgIpc) is 2.10. The van der Waals surface area contributed by atoms with Crippen molar-refractivity contribution in [3.63, 3.8) is 0 Å². The molecule has 0 atom stereocenters. The van der Waals surface area contributed by atoms with Crippen LogP contribution in [0.25, 0.3) is 0 Å². The Bertz CT molecular complexity index is 448. The molecule has 6 heteroatoms. The summed E-state index contributed by atoms with van der Waals surface area (Å²) in [6.07, 6.45) is 0. The van der Waals surface area contributed by atoms with Gasteiger partial charge in [0.05, 0.1) is 0 Å². The summed E-state index contributed by atoms with van der Waals surface area (Å²) in [7, 11) is 0. The Morgan fingerprint density at radius 1 is 1.07 bits per heavy atom. The first-order chi connectivity index (χ1) is 6.86. The fourth-order valence-electron chi connectivity index (χ4n) is 1.16. The maximum Gasteiger partial charge on any atom is 0.343 e. The van der Waals surface area contributed by atoms with Gasteiger partial charge in [0.25, 0.3) is 0 Å². The molecule has 6 nitrogen and oxygen atoms in total. The molecule has 0 aliphatic carbocycles. The number of rotatable bonds is 2. The van der Waals surface area contributed by atoms with Gasteiger partial charge in [0.1, 0.15) is 22.6 Å². The Labute approximate surface area is 84.0 Å². The van der Waals surface area contributed by atoms with Crippen molar-refractivity contribution in [2.45, 2.75) is 6.92 Å². The predicted molar refractivity (Wildman–Crippen MR) is 48.4 cm³/mol. The summed E-state index contributed by atoms with van der Waals surface area (Å²) < 4.78 is 0. The molecule has 0 bridgehead atoms. The van der Waals surface area contributed by atoms with E-state index >= 15 is 0 Å². The molecule has 0 amide bonds. The number of hydrogen-bond acceptors (Lipinski definition) is 4. The van der Waals surface area contributed by atoms with E-state index in [0.29, 0.717) is 0 Å². The lowest BCUT2D eigenvalue weighted by Crippen LogP contribution is -2.05. The highest BCUT2D eigenvalue weighted by Crippen LogP contribution is 2.33. The number of carboxylic acid groups (broad SMARTS) is 2. The first kappa shape index (κ1) is 10.8. The number of aromatic carboxylic acids is 2. The summed E-state index contributed by atoms with van der Waals surface area (Å²) in [5.74, 6) is -4.63. The Hall–Kier alpha value is -2.24. The van der Waals surface area contributed by atoms with Crippen molar-refractivity contribution in [3.8, 4) is 11.5 Å². The van der Waals surface area contributed by atoms with Crippen LogP contribution in [-0.2, 0) is 0 Å². The van der Waals surface area contributed by atoms with E-state index in [1.54, 1.807) is 0 Å². The van der Waals surface area contributed by atoms with Gasteiger partial charge < -0.3 is 20.4 Å². The Morgan fingerprint density at radius 2 is 1.60 bits per heavy atom. The summed E-state index contributed by atoms with van der Waals surface area (Å²) in [6, 6.07) is 0.999. The zero-order valence-electron chi connectivity index (χ0n) is 7.68. The summed E-state index contributed by atoms with van der Waals surface area (Å²) in [6.45, 7) is 1.34. The van der Waals surface area contributed by atoms with Crippen molar-refractivity contribution in [1.82, 2.24) is 0 Å². The van der Waals surface area contributed by atoms with Gasteiger partial charge >= 0.3 is 11.9 Å². The number of aryl methyl sites for hydroxylation is 1. The Morgan fingerprint density at radius 3 is 2.00 bits per heavy atom. The van der Waals surface area contributed by atoms with Crippen LogP contribution in [0.3, 0.4) is 0 Å². The third-order valence-corrected chi connectivity index (χ3v) is 1.91. The fraction of sp³-hybridized carbons (Fsp3) is 0.111. The van der Waals surface area contributed by atoms with Crippen LogP contribution in [0, 0.1) is 6.92 Å². The van der Waals surface area contributed by atoms with E-state index in [1.165, 1.54) is 6.92 Å². The average molecular weight is 212 g/mol. The number of carbonyl (C=O) groups is 2. The summed E-state index contributed by atoms with van der Waals surface area (Å²) in [5.41, 5.74) is -1.28. The molecule has 4 N–H and O–H groups in total. The van der Waals surface area contributed by atoms with Gasteiger partial charge in [-0.25, -0.2) is 9.59 Å². The smallest absolute Gasteiger partial charge is 0.343 e. The van der Waals surface area contributed by atoms with E-state index in [2.05, 4.69) is 0 Å². The van der Waals surface area contributed by atoms with E-state index in [-0.39, 0.29) is 5.56 Å². The standard InChI is InChI=1S/C9H8O6/c1-3-2-4(8(12)13)7(11)5(6(3)10)9(14)15/h2,10-11H,1H3,(H,12,13)(H,14,15). The van der Waals surface area contributed by atoms with Crippen molar-refractivity contribution < 1.29 is 30.0 Å². The highest BCUT2D eigenvalue weighted by molar-refractivity contribution is 6.01. The molecule has 0 aromatic heterocycles. The number of carboxylic acids is 2. The molecule has 0 unspecified atom stereocenters. The van der Waals surface area contributed by atoms with Crippen LogP contribution in [0.5, 0.6) is 11.5 Å². The van der Waals surface area contributed by atoms with E-state index in [9.17, 15) is 19.8 Å². The van der Waals surface area contributed by atoms with Crippen molar-refractivity contribution >= 4 is 11.9 Å². The minimum atomic E-state index is -1.59. The Kier molecular flexibility index (Phi) is 2.52. The topological polar surface area (TPSA) is 115 Å². The van der Waals surface area contributed by atoms with Gasteiger partial charge in [0.15, 0.2) is 0 Å². The van der Waals surface area contributed by atoms with E-state index in [1.807, 2.05) is 0 Å². The van der Waals surface area contributed by atoms with Gasteiger partial charge in [-0.15, -0.1) is 0 Å². The molecule has 0 radical (unpaired) electrons. The van der Waals surface area contributed by atoms with Crippen LogP contribution in [0.1, 0.15) is 26.3 Å². The molecule has 0 aliphatic heterocycles. The third-order valence-electron chi connectivity index (χ3n) is 1.91. The van der Waals surface area contributed by atoms with Crippen LogP contribution < -0.4 is 0 Å². The molecule has 80 valence electrons. The van der Waals surface area contributed by atoms with E-state index in [0.717, 1.165) is 6.07 Å². The lowest BCUT2D eigenvalue weighted by Gasteiger charge is -2.08.